The van der Waals surface area contributed by atoms with E-state index in [9.17, 15) is 24.3 Å². The molecule has 5 atom stereocenters. The molecule has 10 nitrogen and oxygen atoms in total. The van der Waals surface area contributed by atoms with E-state index in [1.165, 1.54) is 0 Å². The van der Waals surface area contributed by atoms with Crippen molar-refractivity contribution in [3.63, 3.8) is 0 Å². The summed E-state index contributed by atoms with van der Waals surface area (Å²) in [5.74, 6) is -3.10. The van der Waals surface area contributed by atoms with Gasteiger partial charge in [-0.1, -0.05) is 68.8 Å². The molecule has 0 fully saturated rings. The van der Waals surface area contributed by atoms with E-state index < -0.39 is 47.9 Å². The Balaban J connectivity index is 1.77. The highest BCUT2D eigenvalue weighted by atomic mass is 32.1. The van der Waals surface area contributed by atoms with Crippen LogP contribution in [0.3, 0.4) is 0 Å². The van der Waals surface area contributed by atoms with Crippen molar-refractivity contribution < 1.29 is 24.3 Å². The van der Waals surface area contributed by atoms with Crippen LogP contribution in [0.2, 0.25) is 0 Å². The monoisotopic (exact) mass is 567 g/mol. The minimum absolute atomic E-state index is 0.0250. The lowest BCUT2D eigenvalue weighted by molar-refractivity contribution is -0.142. The number of hydrogen-bond acceptors (Lipinski definition) is 6. The summed E-state index contributed by atoms with van der Waals surface area (Å²) in [5, 5.41) is 18.7. The number of nitrogens with two attached hydrogens (primary N) is 1. The van der Waals surface area contributed by atoms with Gasteiger partial charge in [0.25, 0.3) is 0 Å². The van der Waals surface area contributed by atoms with Crippen LogP contribution in [0.4, 0.5) is 0 Å². The van der Waals surface area contributed by atoms with Crippen molar-refractivity contribution in [2.45, 2.75) is 57.3 Å². The first kappa shape index (κ1) is 30.7. The van der Waals surface area contributed by atoms with Gasteiger partial charge in [0.05, 0.1) is 6.04 Å². The third kappa shape index (κ3) is 8.09. The van der Waals surface area contributed by atoms with E-state index in [1.807, 2.05) is 44.2 Å². The number of aromatic amines is 1. The van der Waals surface area contributed by atoms with Crippen LogP contribution < -0.4 is 21.7 Å². The first-order valence-corrected chi connectivity index (χ1v) is 13.9. The number of para-hydroxylation sites is 1. The van der Waals surface area contributed by atoms with Crippen LogP contribution in [-0.4, -0.2) is 63.7 Å². The van der Waals surface area contributed by atoms with Crippen molar-refractivity contribution in [2.75, 3.05) is 5.75 Å². The molecule has 40 heavy (non-hydrogen) atoms. The molecule has 3 aromatic rings. The second-order valence-corrected chi connectivity index (χ2v) is 10.2. The Morgan fingerprint density at radius 1 is 0.875 bits per heavy atom. The van der Waals surface area contributed by atoms with Gasteiger partial charge in [-0.15, -0.1) is 0 Å². The zero-order valence-electron chi connectivity index (χ0n) is 22.6. The highest BCUT2D eigenvalue weighted by Crippen LogP contribution is 2.19. The van der Waals surface area contributed by atoms with Gasteiger partial charge in [0, 0.05) is 35.7 Å². The van der Waals surface area contributed by atoms with Crippen LogP contribution >= 0.6 is 12.6 Å². The summed E-state index contributed by atoms with van der Waals surface area (Å²) < 4.78 is 0. The average molecular weight is 568 g/mol. The molecule has 214 valence electrons. The number of thiol groups is 1. The number of hydrogen-bond donors (Lipinski definition) is 7. The average Bonchev–Trinajstić information content (AvgIpc) is 3.37. The Bertz CT molecular complexity index is 1310. The molecule has 5 unspecified atom stereocenters. The standard InChI is InChI=1S/C29H37N5O5S/c1-3-17(2)25(30)28(37)34-24(16-40)27(36)32-22(13-18-9-5-4-6-10-18)26(35)33-23(29(38)39)14-19-15-31-21-12-8-7-11-20(19)21/h4-12,15,17,22-25,31,40H,3,13-14,16,30H2,1-2H3,(H,32,36)(H,33,35)(H,34,37)(H,38,39). The maximum Gasteiger partial charge on any atom is 0.326 e. The number of aromatic nitrogens is 1. The number of aliphatic carboxylic acids is 1. The van der Waals surface area contributed by atoms with Gasteiger partial charge in [0.1, 0.15) is 18.1 Å². The van der Waals surface area contributed by atoms with Gasteiger partial charge in [-0.05, 0) is 23.1 Å². The molecule has 7 N–H and O–H groups in total. The summed E-state index contributed by atoms with van der Waals surface area (Å²) in [6.45, 7) is 3.76. The SMILES string of the molecule is CCC(C)C(N)C(=O)NC(CS)C(=O)NC(Cc1ccccc1)C(=O)NC(Cc1c[nH]c2ccccc12)C(=O)O. The summed E-state index contributed by atoms with van der Waals surface area (Å²) in [6.07, 6.45) is 2.56. The molecular formula is C29H37N5O5S. The Morgan fingerprint density at radius 2 is 1.48 bits per heavy atom. The van der Waals surface area contributed by atoms with Crippen LogP contribution in [0, 0.1) is 5.92 Å². The van der Waals surface area contributed by atoms with Gasteiger partial charge in [0.2, 0.25) is 17.7 Å². The topological polar surface area (TPSA) is 166 Å². The highest BCUT2D eigenvalue weighted by Gasteiger charge is 2.31. The number of H-pyrrole nitrogens is 1. The lowest BCUT2D eigenvalue weighted by atomic mass is 9.99. The first-order valence-electron chi connectivity index (χ1n) is 13.2. The van der Waals surface area contributed by atoms with Crippen molar-refractivity contribution >= 4 is 47.2 Å². The van der Waals surface area contributed by atoms with E-state index in [4.69, 9.17) is 5.73 Å². The van der Waals surface area contributed by atoms with E-state index in [1.54, 1.807) is 30.5 Å². The molecule has 0 aliphatic rings. The summed E-state index contributed by atoms with van der Waals surface area (Å²) >= 11 is 4.21. The molecule has 0 aliphatic carbocycles. The largest absolute Gasteiger partial charge is 0.480 e. The third-order valence-electron chi connectivity index (χ3n) is 7.00. The molecule has 11 heteroatoms. The summed E-state index contributed by atoms with van der Waals surface area (Å²) in [7, 11) is 0. The maximum atomic E-state index is 13.4. The van der Waals surface area contributed by atoms with Crippen molar-refractivity contribution in [1.82, 2.24) is 20.9 Å². The molecule has 0 aliphatic heterocycles. The fraction of sp³-hybridized carbons (Fsp3) is 0.379. The third-order valence-corrected chi connectivity index (χ3v) is 7.37. The minimum atomic E-state index is -1.24. The lowest BCUT2D eigenvalue weighted by Crippen LogP contribution is -2.58. The van der Waals surface area contributed by atoms with Gasteiger partial charge < -0.3 is 31.8 Å². The van der Waals surface area contributed by atoms with Crippen LogP contribution in [-0.2, 0) is 32.0 Å². The van der Waals surface area contributed by atoms with Crippen LogP contribution in [0.15, 0.2) is 60.8 Å². The number of carbonyl (C=O) groups excluding carboxylic acids is 3. The molecule has 1 heterocycles. The normalized spacial score (nSPS) is 14.9. The lowest BCUT2D eigenvalue weighted by Gasteiger charge is -2.25. The van der Waals surface area contributed by atoms with Crippen molar-refractivity contribution in [3.05, 3.63) is 71.9 Å². The molecule has 0 bridgehead atoms. The second-order valence-electron chi connectivity index (χ2n) is 9.87. The van der Waals surface area contributed by atoms with E-state index in [-0.39, 0.29) is 24.5 Å². The Morgan fingerprint density at radius 3 is 2.12 bits per heavy atom. The quantitative estimate of drug-likeness (QED) is 0.147. The highest BCUT2D eigenvalue weighted by molar-refractivity contribution is 7.80. The summed E-state index contributed by atoms with van der Waals surface area (Å²) in [4.78, 5) is 54.5. The van der Waals surface area contributed by atoms with Crippen LogP contribution in [0.1, 0.15) is 31.4 Å². The minimum Gasteiger partial charge on any atom is -0.480 e. The summed E-state index contributed by atoms with van der Waals surface area (Å²) in [6, 6.07) is 12.3. The number of amides is 3. The predicted octanol–water partition coefficient (Wildman–Crippen LogP) is 1.80. The zero-order valence-corrected chi connectivity index (χ0v) is 23.5. The van der Waals surface area contributed by atoms with Crippen LogP contribution in [0.5, 0.6) is 0 Å². The number of carboxylic acid groups (broad SMARTS) is 1. The Hall–Kier alpha value is -3.83. The van der Waals surface area contributed by atoms with E-state index in [0.717, 1.165) is 22.0 Å². The number of rotatable bonds is 14. The van der Waals surface area contributed by atoms with Crippen molar-refractivity contribution in [3.8, 4) is 0 Å². The Kier molecular flexibility index (Phi) is 11.2. The number of fused-ring (bicyclic) bond motifs is 1. The molecule has 2 aromatic carbocycles. The zero-order chi connectivity index (χ0) is 29.2. The maximum absolute atomic E-state index is 13.4. The molecule has 3 rings (SSSR count). The molecule has 0 spiro atoms. The number of nitrogens with one attached hydrogen (secondary N) is 4. The van der Waals surface area contributed by atoms with E-state index in [2.05, 4.69) is 33.6 Å². The molecule has 1 aromatic heterocycles. The molecular weight excluding hydrogens is 530 g/mol. The number of carbonyl (C=O) groups is 4. The fourth-order valence-electron chi connectivity index (χ4n) is 4.30. The van der Waals surface area contributed by atoms with Gasteiger partial charge in [0.15, 0.2) is 0 Å². The first-order chi connectivity index (χ1) is 19.1. The van der Waals surface area contributed by atoms with Crippen molar-refractivity contribution in [2.24, 2.45) is 11.7 Å². The van der Waals surface area contributed by atoms with E-state index in [0.29, 0.717) is 6.42 Å². The molecule has 0 radical (unpaired) electrons. The second kappa shape index (κ2) is 14.5. The van der Waals surface area contributed by atoms with Gasteiger partial charge in [-0.3, -0.25) is 14.4 Å². The Labute approximate surface area is 238 Å². The van der Waals surface area contributed by atoms with E-state index >= 15 is 0 Å². The van der Waals surface area contributed by atoms with Gasteiger partial charge in [-0.2, -0.15) is 12.6 Å². The fourth-order valence-corrected chi connectivity index (χ4v) is 4.56. The van der Waals surface area contributed by atoms with Gasteiger partial charge in [-0.25, -0.2) is 4.79 Å². The van der Waals surface area contributed by atoms with Crippen LogP contribution in [0.25, 0.3) is 10.9 Å². The molecule has 3 amide bonds. The van der Waals surface area contributed by atoms with Crippen molar-refractivity contribution in [1.29, 1.82) is 0 Å². The number of benzene rings is 2. The molecule has 0 saturated heterocycles. The summed E-state index contributed by atoms with van der Waals surface area (Å²) in [5.41, 5.74) is 8.36. The molecule has 0 saturated carbocycles. The smallest absolute Gasteiger partial charge is 0.326 e. The predicted molar refractivity (Wildman–Crippen MR) is 157 cm³/mol. The van der Waals surface area contributed by atoms with Gasteiger partial charge >= 0.3 is 5.97 Å². The number of carboxylic acids is 1.